The Morgan fingerprint density at radius 3 is 2.08 bits per heavy atom. The number of methoxy groups -OCH3 is 1. The topological polar surface area (TPSA) is 85.4 Å². The first-order valence-electron chi connectivity index (χ1n) is 8.09. The summed E-state index contributed by atoms with van der Waals surface area (Å²) in [6.07, 6.45) is 1.07. The summed E-state index contributed by atoms with van der Waals surface area (Å²) >= 11 is 0. The number of unbranched alkanes of at least 4 members (excludes halogenated alkanes) is 1. The molecule has 24 heavy (non-hydrogen) atoms. The van der Waals surface area contributed by atoms with E-state index in [9.17, 15) is 14.4 Å². The van der Waals surface area contributed by atoms with Gasteiger partial charge >= 0.3 is 12.1 Å². The number of nitrogens with zero attached hydrogens (tertiary/aromatic N) is 2. The standard InChI is InChI=1S/C16H30N2O6/c1-7-8-9-23-15(20)13(3)17(4)14(19)12(2)18(5)16(21)24-11-10-22-6/h12-13H,7-11H2,1-6H3. The Kier molecular flexibility index (Phi) is 10.8. The molecule has 0 fully saturated rings. The van der Waals surface area contributed by atoms with Crippen LogP contribution in [0.1, 0.15) is 33.6 Å². The van der Waals surface area contributed by atoms with Gasteiger partial charge in [0.25, 0.3) is 0 Å². The van der Waals surface area contributed by atoms with Gasteiger partial charge in [-0.15, -0.1) is 0 Å². The molecule has 2 amide bonds. The minimum absolute atomic E-state index is 0.108. The fourth-order valence-corrected chi connectivity index (χ4v) is 1.72. The molecule has 0 saturated carbocycles. The first kappa shape index (κ1) is 22.2. The summed E-state index contributed by atoms with van der Waals surface area (Å²) in [5.74, 6) is -0.835. The third kappa shape index (κ3) is 7.16. The van der Waals surface area contributed by atoms with Gasteiger partial charge in [-0.3, -0.25) is 9.69 Å². The third-order valence-electron chi connectivity index (χ3n) is 3.75. The lowest BCUT2D eigenvalue weighted by Crippen LogP contribution is -2.51. The van der Waals surface area contributed by atoms with Crippen molar-refractivity contribution < 1.29 is 28.6 Å². The molecular weight excluding hydrogens is 316 g/mol. The van der Waals surface area contributed by atoms with Crippen LogP contribution in [0.2, 0.25) is 0 Å². The summed E-state index contributed by atoms with van der Waals surface area (Å²) < 4.78 is 14.9. The average molecular weight is 346 g/mol. The predicted molar refractivity (Wildman–Crippen MR) is 88.5 cm³/mol. The van der Waals surface area contributed by atoms with Crippen molar-refractivity contribution in [2.75, 3.05) is 41.0 Å². The fraction of sp³-hybridized carbons (Fsp3) is 0.812. The van der Waals surface area contributed by atoms with Crippen molar-refractivity contribution in [1.29, 1.82) is 0 Å². The van der Waals surface area contributed by atoms with Gasteiger partial charge in [-0.1, -0.05) is 13.3 Å². The highest BCUT2D eigenvalue weighted by Crippen LogP contribution is 2.08. The first-order chi connectivity index (χ1) is 11.3. The molecule has 140 valence electrons. The number of likely N-dealkylation sites (N-methyl/N-ethyl adjacent to an activating group) is 2. The molecule has 8 heteroatoms. The second-order valence-electron chi connectivity index (χ2n) is 5.54. The number of hydrogen-bond donors (Lipinski definition) is 0. The molecule has 0 aromatic rings. The van der Waals surface area contributed by atoms with Gasteiger partial charge in [0.05, 0.1) is 13.2 Å². The first-order valence-corrected chi connectivity index (χ1v) is 8.09. The Morgan fingerprint density at radius 2 is 1.54 bits per heavy atom. The SMILES string of the molecule is CCCCOC(=O)C(C)N(C)C(=O)C(C)N(C)C(=O)OCCOC. The molecule has 0 aromatic carbocycles. The molecule has 8 nitrogen and oxygen atoms in total. The highest BCUT2D eigenvalue weighted by Gasteiger charge is 2.31. The molecule has 2 unspecified atom stereocenters. The molecule has 0 aliphatic carbocycles. The zero-order chi connectivity index (χ0) is 18.7. The van der Waals surface area contributed by atoms with E-state index < -0.39 is 24.1 Å². The maximum Gasteiger partial charge on any atom is 0.410 e. The molecule has 0 saturated heterocycles. The summed E-state index contributed by atoms with van der Waals surface area (Å²) in [7, 11) is 4.48. The zero-order valence-electron chi connectivity index (χ0n) is 15.5. The number of esters is 1. The number of rotatable bonds is 10. The van der Waals surface area contributed by atoms with E-state index in [2.05, 4.69) is 0 Å². The zero-order valence-corrected chi connectivity index (χ0v) is 15.5. The van der Waals surface area contributed by atoms with Crippen LogP contribution in [0, 0.1) is 0 Å². The predicted octanol–water partition coefficient (Wildman–Crippen LogP) is 1.28. The normalized spacial score (nSPS) is 12.9. The van der Waals surface area contributed by atoms with Crippen molar-refractivity contribution in [3.8, 4) is 0 Å². The third-order valence-corrected chi connectivity index (χ3v) is 3.75. The summed E-state index contributed by atoms with van der Waals surface area (Å²) in [4.78, 5) is 38.7. The van der Waals surface area contributed by atoms with Crippen LogP contribution < -0.4 is 0 Å². The summed E-state index contributed by atoms with van der Waals surface area (Å²) in [6.45, 7) is 5.89. The fourth-order valence-electron chi connectivity index (χ4n) is 1.72. The second-order valence-corrected chi connectivity index (χ2v) is 5.54. The molecule has 0 N–H and O–H groups in total. The Hall–Kier alpha value is -1.83. The van der Waals surface area contributed by atoms with Gasteiger partial charge in [0.15, 0.2) is 0 Å². The minimum Gasteiger partial charge on any atom is -0.464 e. The van der Waals surface area contributed by atoms with Gasteiger partial charge in [-0.05, 0) is 20.3 Å². The smallest absolute Gasteiger partial charge is 0.410 e. The van der Waals surface area contributed by atoms with Crippen molar-refractivity contribution in [3.05, 3.63) is 0 Å². The van der Waals surface area contributed by atoms with E-state index in [-0.39, 0.29) is 19.1 Å². The van der Waals surface area contributed by atoms with Crippen LogP contribution in [0.25, 0.3) is 0 Å². The number of carbonyl (C=O) groups excluding carboxylic acids is 3. The highest BCUT2D eigenvalue weighted by atomic mass is 16.6. The molecule has 0 aliphatic rings. The van der Waals surface area contributed by atoms with E-state index in [0.717, 1.165) is 12.8 Å². The lowest BCUT2D eigenvalue weighted by molar-refractivity contribution is -0.154. The van der Waals surface area contributed by atoms with Gasteiger partial charge in [0.1, 0.15) is 18.7 Å². The van der Waals surface area contributed by atoms with Crippen LogP contribution >= 0.6 is 0 Å². The Bertz CT molecular complexity index is 379. The van der Waals surface area contributed by atoms with Crippen LogP contribution in [-0.2, 0) is 23.8 Å². The Morgan fingerprint density at radius 1 is 0.917 bits per heavy atom. The lowest BCUT2D eigenvalue weighted by atomic mass is 10.2. The van der Waals surface area contributed by atoms with Crippen molar-refractivity contribution >= 4 is 18.0 Å². The van der Waals surface area contributed by atoms with Gasteiger partial charge in [0.2, 0.25) is 5.91 Å². The van der Waals surface area contributed by atoms with Crippen molar-refractivity contribution in [1.82, 2.24) is 9.80 Å². The van der Waals surface area contributed by atoms with Gasteiger partial charge in [-0.25, -0.2) is 9.59 Å². The maximum atomic E-state index is 12.4. The Labute approximate surface area is 144 Å². The molecule has 0 radical (unpaired) electrons. The molecule has 0 aliphatic heterocycles. The van der Waals surface area contributed by atoms with Crippen molar-refractivity contribution in [3.63, 3.8) is 0 Å². The molecule has 0 aromatic heterocycles. The van der Waals surface area contributed by atoms with Gasteiger partial charge < -0.3 is 19.1 Å². The van der Waals surface area contributed by atoms with Gasteiger partial charge in [-0.2, -0.15) is 0 Å². The largest absolute Gasteiger partial charge is 0.464 e. The van der Waals surface area contributed by atoms with E-state index >= 15 is 0 Å². The second kappa shape index (κ2) is 11.7. The molecule has 0 bridgehead atoms. The van der Waals surface area contributed by atoms with Gasteiger partial charge in [0, 0.05) is 21.2 Å². The van der Waals surface area contributed by atoms with Crippen LogP contribution in [0.15, 0.2) is 0 Å². The van der Waals surface area contributed by atoms with E-state index in [1.54, 1.807) is 13.8 Å². The minimum atomic E-state index is -0.768. The average Bonchev–Trinajstić information content (AvgIpc) is 2.58. The number of hydrogen-bond acceptors (Lipinski definition) is 6. The van der Waals surface area contributed by atoms with Crippen LogP contribution in [0.3, 0.4) is 0 Å². The number of ether oxygens (including phenoxy) is 3. The molecule has 0 heterocycles. The van der Waals surface area contributed by atoms with Crippen molar-refractivity contribution in [2.24, 2.45) is 0 Å². The monoisotopic (exact) mass is 346 g/mol. The van der Waals surface area contributed by atoms with Crippen molar-refractivity contribution in [2.45, 2.75) is 45.7 Å². The summed E-state index contributed by atoms with van der Waals surface area (Å²) in [5.41, 5.74) is 0. The molecule has 0 spiro atoms. The van der Waals surface area contributed by atoms with Crippen LogP contribution in [-0.4, -0.2) is 80.9 Å². The van der Waals surface area contributed by atoms with E-state index in [1.165, 1.54) is 31.0 Å². The van der Waals surface area contributed by atoms with E-state index in [4.69, 9.17) is 14.2 Å². The molecule has 0 rings (SSSR count). The quantitative estimate of drug-likeness (QED) is 0.437. The Balaban J connectivity index is 4.57. The van der Waals surface area contributed by atoms with E-state index in [0.29, 0.717) is 6.61 Å². The summed E-state index contributed by atoms with van der Waals surface area (Å²) in [5, 5.41) is 0. The molecular formula is C16H30N2O6. The van der Waals surface area contributed by atoms with Crippen LogP contribution in [0.5, 0.6) is 0 Å². The lowest BCUT2D eigenvalue weighted by Gasteiger charge is -2.30. The molecule has 2 atom stereocenters. The summed E-state index contributed by atoms with van der Waals surface area (Å²) in [6, 6.07) is -1.49. The highest BCUT2D eigenvalue weighted by molar-refractivity contribution is 5.89. The van der Waals surface area contributed by atoms with Crippen LogP contribution in [0.4, 0.5) is 4.79 Å². The maximum absolute atomic E-state index is 12.4. The number of amides is 2. The van der Waals surface area contributed by atoms with E-state index in [1.807, 2.05) is 6.92 Å². The number of carbonyl (C=O) groups is 3.